The molecule has 2 saturated heterocycles. The van der Waals surface area contributed by atoms with Gasteiger partial charge in [-0.25, -0.2) is 4.79 Å². The van der Waals surface area contributed by atoms with Gasteiger partial charge in [0, 0.05) is 41.6 Å². The number of carbonyl (C=O) groups is 2. The number of hydrogen-bond acceptors (Lipinski definition) is 5. The lowest BCUT2D eigenvalue weighted by molar-refractivity contribution is -0.384. The largest absolute Gasteiger partial charge is 0.335 e. The molecule has 0 spiro atoms. The highest BCUT2D eigenvalue weighted by Crippen LogP contribution is 2.35. The van der Waals surface area contributed by atoms with Crippen molar-refractivity contribution in [3.05, 3.63) is 64.7 Å². The second-order valence-electron chi connectivity index (χ2n) is 8.05. The van der Waals surface area contributed by atoms with Crippen LogP contribution in [0.1, 0.15) is 25.7 Å². The minimum absolute atomic E-state index is 0.0569. The van der Waals surface area contributed by atoms with E-state index in [0.717, 1.165) is 31.4 Å². The summed E-state index contributed by atoms with van der Waals surface area (Å²) in [7, 11) is 0. The molecule has 2 bridgehead atoms. The van der Waals surface area contributed by atoms with Crippen LogP contribution < -0.4 is 16.0 Å². The number of fused-ring (bicyclic) bond motifs is 2. The summed E-state index contributed by atoms with van der Waals surface area (Å²) >= 11 is 0. The second kappa shape index (κ2) is 9.13. The second-order valence-corrected chi connectivity index (χ2v) is 8.05. The lowest BCUT2D eigenvalue weighted by Gasteiger charge is -2.38. The van der Waals surface area contributed by atoms with Crippen LogP contribution in [0.4, 0.5) is 21.9 Å². The topological polar surface area (TPSA) is 117 Å². The highest BCUT2D eigenvalue weighted by atomic mass is 16.6. The number of rotatable bonds is 6. The van der Waals surface area contributed by atoms with E-state index in [4.69, 9.17) is 0 Å². The molecule has 0 saturated carbocycles. The number of benzene rings is 2. The van der Waals surface area contributed by atoms with Gasteiger partial charge >= 0.3 is 6.03 Å². The van der Waals surface area contributed by atoms with Crippen molar-refractivity contribution in [3.63, 3.8) is 0 Å². The molecule has 4 rings (SSSR count). The number of hydrogen-bond donors (Lipinski definition) is 3. The lowest BCUT2D eigenvalue weighted by Crippen LogP contribution is -2.52. The highest BCUT2D eigenvalue weighted by molar-refractivity contribution is 5.92. The molecule has 9 nitrogen and oxygen atoms in total. The third-order valence-electron chi connectivity index (χ3n) is 5.92. The first kappa shape index (κ1) is 20.8. The number of nitro groups is 1. The fraction of sp³-hybridized carbons (Fsp3) is 0.364. The summed E-state index contributed by atoms with van der Waals surface area (Å²) < 4.78 is 0. The number of non-ortho nitro benzene ring substituents is 1. The van der Waals surface area contributed by atoms with Crippen LogP contribution in [-0.2, 0) is 4.79 Å². The lowest BCUT2D eigenvalue weighted by atomic mass is 9.97. The molecule has 2 aromatic rings. The van der Waals surface area contributed by atoms with Crippen LogP contribution in [0.25, 0.3) is 0 Å². The predicted octanol–water partition coefficient (Wildman–Crippen LogP) is 3.35. The molecule has 162 valence electrons. The van der Waals surface area contributed by atoms with Crippen LogP contribution in [0, 0.1) is 10.1 Å². The van der Waals surface area contributed by atoms with Gasteiger partial charge in [-0.3, -0.25) is 19.8 Å². The van der Waals surface area contributed by atoms with Gasteiger partial charge in [0.25, 0.3) is 5.69 Å². The molecule has 0 aromatic heterocycles. The van der Waals surface area contributed by atoms with E-state index in [1.54, 1.807) is 12.1 Å². The molecule has 31 heavy (non-hydrogen) atoms. The molecule has 3 amide bonds. The monoisotopic (exact) mass is 423 g/mol. The minimum atomic E-state index is -0.485. The normalized spacial score (nSPS) is 22.5. The number of piperidine rings is 1. The van der Waals surface area contributed by atoms with Crippen molar-refractivity contribution < 1.29 is 14.5 Å². The Hall–Kier alpha value is -3.46. The molecule has 0 aliphatic carbocycles. The van der Waals surface area contributed by atoms with E-state index in [9.17, 15) is 19.7 Å². The van der Waals surface area contributed by atoms with E-state index < -0.39 is 4.92 Å². The van der Waals surface area contributed by atoms with Gasteiger partial charge < -0.3 is 16.0 Å². The van der Waals surface area contributed by atoms with Crippen molar-refractivity contribution in [2.45, 2.75) is 43.8 Å². The van der Waals surface area contributed by atoms with Crippen LogP contribution in [0.2, 0.25) is 0 Å². The summed E-state index contributed by atoms with van der Waals surface area (Å²) in [6.07, 6.45) is 3.58. The first-order valence-electron chi connectivity index (χ1n) is 10.4. The standard InChI is InChI=1S/C22H25N5O4/c28-21(23-16-7-4-8-20(11-16)27(30)31)14-26-18-9-10-19(26)13-17(12-18)25-22(29)24-15-5-2-1-3-6-15/h1-8,11,17-19H,9-10,12-14H2,(H,23,28)(H2,24,25,29)/t18-,19-/m1/s1. The summed E-state index contributed by atoms with van der Waals surface area (Å²) in [6.45, 7) is 0.237. The smallest absolute Gasteiger partial charge is 0.319 e. The molecule has 0 unspecified atom stereocenters. The molecule has 2 aliphatic heterocycles. The molecule has 2 aliphatic rings. The van der Waals surface area contributed by atoms with Crippen molar-refractivity contribution in [2.75, 3.05) is 17.2 Å². The van der Waals surface area contributed by atoms with Crippen LogP contribution in [-0.4, -0.2) is 46.4 Å². The summed E-state index contributed by atoms with van der Waals surface area (Å²) in [5.74, 6) is -0.189. The van der Waals surface area contributed by atoms with Crippen LogP contribution in [0.3, 0.4) is 0 Å². The predicted molar refractivity (Wildman–Crippen MR) is 117 cm³/mol. The van der Waals surface area contributed by atoms with E-state index in [1.165, 1.54) is 12.1 Å². The fourth-order valence-electron chi connectivity index (χ4n) is 4.59. The van der Waals surface area contributed by atoms with Crippen LogP contribution in [0.5, 0.6) is 0 Å². The Labute approximate surface area is 180 Å². The third-order valence-corrected chi connectivity index (χ3v) is 5.92. The number of amides is 3. The van der Waals surface area contributed by atoms with Crippen LogP contribution >= 0.6 is 0 Å². The summed E-state index contributed by atoms with van der Waals surface area (Å²) in [6, 6.07) is 15.6. The number of anilines is 2. The Morgan fingerprint density at radius 3 is 2.32 bits per heavy atom. The van der Waals surface area contributed by atoms with Crippen molar-refractivity contribution >= 4 is 29.0 Å². The van der Waals surface area contributed by atoms with Gasteiger partial charge in [-0.2, -0.15) is 0 Å². The van der Waals surface area contributed by atoms with Gasteiger partial charge in [-0.1, -0.05) is 24.3 Å². The van der Waals surface area contributed by atoms with Crippen molar-refractivity contribution in [2.24, 2.45) is 0 Å². The molecular formula is C22H25N5O4. The van der Waals surface area contributed by atoms with Crippen molar-refractivity contribution in [1.29, 1.82) is 0 Å². The van der Waals surface area contributed by atoms with E-state index in [2.05, 4.69) is 20.9 Å². The van der Waals surface area contributed by atoms with E-state index in [-0.39, 0.29) is 42.3 Å². The Bertz CT molecular complexity index is 953. The Kier molecular flexibility index (Phi) is 6.13. The van der Waals surface area contributed by atoms with Crippen LogP contribution in [0.15, 0.2) is 54.6 Å². The molecule has 2 fully saturated rings. The van der Waals surface area contributed by atoms with Gasteiger partial charge in [0.1, 0.15) is 0 Å². The Morgan fingerprint density at radius 2 is 1.65 bits per heavy atom. The van der Waals surface area contributed by atoms with Gasteiger partial charge in [-0.15, -0.1) is 0 Å². The molecule has 3 N–H and O–H groups in total. The average molecular weight is 423 g/mol. The average Bonchev–Trinajstić information content (AvgIpc) is 2.96. The van der Waals surface area contributed by atoms with E-state index in [1.807, 2.05) is 30.3 Å². The first-order chi connectivity index (χ1) is 15.0. The van der Waals surface area contributed by atoms with E-state index >= 15 is 0 Å². The maximum absolute atomic E-state index is 12.5. The van der Waals surface area contributed by atoms with Gasteiger partial charge in [0.15, 0.2) is 0 Å². The number of carbonyl (C=O) groups excluding carboxylic acids is 2. The zero-order valence-electron chi connectivity index (χ0n) is 17.0. The highest BCUT2D eigenvalue weighted by Gasteiger charge is 2.41. The van der Waals surface area contributed by atoms with Crippen molar-refractivity contribution in [3.8, 4) is 0 Å². The molecule has 9 heteroatoms. The number of nitrogens with one attached hydrogen (secondary N) is 3. The maximum atomic E-state index is 12.5. The molecule has 0 radical (unpaired) electrons. The maximum Gasteiger partial charge on any atom is 0.319 e. The SMILES string of the molecule is O=C(CN1[C@@H]2CC[C@@H]1CC(NC(=O)Nc1ccccc1)C2)Nc1cccc([N+](=O)[O-])c1. The molecule has 2 atom stereocenters. The quantitative estimate of drug-likeness (QED) is 0.487. The minimum Gasteiger partial charge on any atom is -0.335 e. The number of nitro benzene ring substituents is 1. The summed E-state index contributed by atoms with van der Waals surface area (Å²) in [4.78, 5) is 37.5. The number of nitrogens with zero attached hydrogens (tertiary/aromatic N) is 2. The molecule has 2 heterocycles. The zero-order chi connectivity index (χ0) is 21.8. The Morgan fingerprint density at radius 1 is 0.968 bits per heavy atom. The first-order valence-corrected chi connectivity index (χ1v) is 10.4. The Balaban J connectivity index is 1.29. The van der Waals surface area contributed by atoms with Gasteiger partial charge in [-0.05, 0) is 43.9 Å². The van der Waals surface area contributed by atoms with Gasteiger partial charge in [0.05, 0.1) is 11.5 Å². The van der Waals surface area contributed by atoms with E-state index in [0.29, 0.717) is 5.69 Å². The molecular weight excluding hydrogens is 398 g/mol. The number of para-hydroxylation sites is 1. The fourth-order valence-corrected chi connectivity index (χ4v) is 4.59. The molecule has 2 aromatic carbocycles. The zero-order valence-corrected chi connectivity index (χ0v) is 17.0. The third kappa shape index (κ3) is 5.18. The van der Waals surface area contributed by atoms with Crippen molar-refractivity contribution in [1.82, 2.24) is 10.2 Å². The summed E-state index contributed by atoms with van der Waals surface area (Å²) in [5, 5.41) is 19.6. The number of urea groups is 1. The summed E-state index contributed by atoms with van der Waals surface area (Å²) in [5.41, 5.74) is 1.11. The van der Waals surface area contributed by atoms with Gasteiger partial charge in [0.2, 0.25) is 5.91 Å².